The van der Waals surface area contributed by atoms with E-state index < -0.39 is 11.7 Å². The summed E-state index contributed by atoms with van der Waals surface area (Å²) in [5.74, 6) is 0. The zero-order valence-corrected chi connectivity index (χ0v) is 14.3. The second-order valence-electron chi connectivity index (χ2n) is 7.45. The van der Waals surface area contributed by atoms with Gasteiger partial charge < -0.3 is 0 Å². The zero-order chi connectivity index (χ0) is 17.5. The number of aromatic amines is 1. The highest BCUT2D eigenvalue weighted by Gasteiger charge is 2.44. The molecule has 1 N–H and O–H groups in total. The minimum atomic E-state index is -4.28. The predicted molar refractivity (Wildman–Crippen MR) is 90.5 cm³/mol. The molecule has 4 rings (SSSR count). The van der Waals surface area contributed by atoms with E-state index in [1.807, 2.05) is 0 Å². The molecule has 1 saturated carbocycles. The number of aromatic nitrogens is 2. The molecule has 2 aromatic rings. The lowest BCUT2D eigenvalue weighted by molar-refractivity contribution is -0.137. The molecule has 25 heavy (non-hydrogen) atoms. The summed E-state index contributed by atoms with van der Waals surface area (Å²) in [7, 11) is 0. The number of fused-ring (bicyclic) bond motifs is 1. The van der Waals surface area contributed by atoms with Crippen LogP contribution in [-0.2, 0) is 24.4 Å². The SMILES string of the molecule is FC(F)(F)c1ccc(C2(c3n[nH]c4c3CCCCCC4)CCC2)cc1. The number of nitrogens with one attached hydrogen (secondary N) is 1. The third-order valence-electron chi connectivity index (χ3n) is 5.98. The maximum absolute atomic E-state index is 12.9. The molecule has 0 radical (unpaired) electrons. The Bertz CT molecular complexity index is 739. The molecule has 1 aromatic heterocycles. The molecule has 0 saturated heterocycles. The number of nitrogens with zero attached hydrogens (tertiary/aromatic N) is 1. The highest BCUT2D eigenvalue weighted by Crippen LogP contribution is 2.50. The molecule has 0 bridgehead atoms. The van der Waals surface area contributed by atoms with E-state index in [4.69, 9.17) is 0 Å². The van der Waals surface area contributed by atoms with Crippen LogP contribution in [0.5, 0.6) is 0 Å². The Kier molecular flexibility index (Phi) is 4.13. The van der Waals surface area contributed by atoms with Crippen molar-refractivity contribution in [2.75, 3.05) is 0 Å². The Labute approximate surface area is 145 Å². The number of hydrogen-bond acceptors (Lipinski definition) is 1. The van der Waals surface area contributed by atoms with E-state index in [1.165, 1.54) is 49.1 Å². The van der Waals surface area contributed by atoms with E-state index in [1.54, 1.807) is 12.1 Å². The molecular weight excluding hydrogens is 325 g/mol. The van der Waals surface area contributed by atoms with Crippen LogP contribution in [0.1, 0.15) is 73.0 Å². The first-order valence-corrected chi connectivity index (χ1v) is 9.25. The summed E-state index contributed by atoms with van der Waals surface area (Å²) in [6, 6.07) is 5.75. The van der Waals surface area contributed by atoms with E-state index in [0.29, 0.717) is 0 Å². The first-order valence-electron chi connectivity index (χ1n) is 9.25. The molecule has 0 atom stereocenters. The van der Waals surface area contributed by atoms with E-state index in [0.717, 1.165) is 43.4 Å². The highest BCUT2D eigenvalue weighted by atomic mass is 19.4. The number of rotatable bonds is 2. The Morgan fingerprint density at radius 3 is 2.16 bits per heavy atom. The van der Waals surface area contributed by atoms with Crippen LogP contribution in [0, 0.1) is 0 Å². The number of halogens is 3. The third kappa shape index (κ3) is 2.87. The quantitative estimate of drug-likeness (QED) is 0.756. The van der Waals surface area contributed by atoms with Gasteiger partial charge >= 0.3 is 6.18 Å². The number of benzene rings is 1. The van der Waals surface area contributed by atoms with Gasteiger partial charge in [-0.1, -0.05) is 31.4 Å². The number of aryl methyl sites for hydroxylation is 1. The van der Waals surface area contributed by atoms with Crippen molar-refractivity contribution >= 4 is 0 Å². The fourth-order valence-corrected chi connectivity index (χ4v) is 4.40. The van der Waals surface area contributed by atoms with Gasteiger partial charge in [-0.25, -0.2) is 0 Å². The fourth-order valence-electron chi connectivity index (χ4n) is 4.40. The van der Waals surface area contributed by atoms with Gasteiger partial charge in [-0.3, -0.25) is 5.10 Å². The van der Waals surface area contributed by atoms with E-state index in [9.17, 15) is 13.2 Å². The normalized spacial score (nSPS) is 20.3. The van der Waals surface area contributed by atoms with Crippen LogP contribution in [0.3, 0.4) is 0 Å². The molecule has 0 amide bonds. The Hall–Kier alpha value is -1.78. The second kappa shape index (κ2) is 6.19. The largest absolute Gasteiger partial charge is 0.416 e. The van der Waals surface area contributed by atoms with Gasteiger partial charge in [-0.05, 0) is 61.8 Å². The number of hydrogen-bond donors (Lipinski definition) is 1. The first kappa shape index (κ1) is 16.7. The summed E-state index contributed by atoms with van der Waals surface area (Å²) < 4.78 is 38.6. The van der Waals surface area contributed by atoms with E-state index >= 15 is 0 Å². The minimum absolute atomic E-state index is 0.201. The minimum Gasteiger partial charge on any atom is -0.282 e. The zero-order valence-electron chi connectivity index (χ0n) is 14.3. The van der Waals surface area contributed by atoms with Crippen LogP contribution < -0.4 is 0 Å². The standard InChI is InChI=1S/C20H23F3N2/c21-20(22,23)15-10-8-14(9-11-15)19(12-5-13-19)18-16-6-3-1-2-4-7-17(16)24-25-18/h8-11H,1-7,12-13H2,(H,24,25). The Morgan fingerprint density at radius 2 is 1.56 bits per heavy atom. The number of alkyl halides is 3. The van der Waals surface area contributed by atoms with Crippen molar-refractivity contribution in [3.8, 4) is 0 Å². The molecule has 2 aliphatic rings. The van der Waals surface area contributed by atoms with Crippen molar-refractivity contribution in [2.24, 2.45) is 0 Å². The highest BCUT2D eigenvalue weighted by molar-refractivity contribution is 5.45. The first-order chi connectivity index (χ1) is 12.0. The lowest BCUT2D eigenvalue weighted by Gasteiger charge is -2.42. The van der Waals surface area contributed by atoms with Crippen LogP contribution in [0.25, 0.3) is 0 Å². The monoisotopic (exact) mass is 348 g/mol. The van der Waals surface area contributed by atoms with Gasteiger partial charge in [0.05, 0.1) is 11.3 Å². The summed E-state index contributed by atoms with van der Waals surface area (Å²) >= 11 is 0. The van der Waals surface area contributed by atoms with E-state index in [2.05, 4.69) is 10.2 Å². The lowest BCUT2D eigenvalue weighted by Crippen LogP contribution is -2.37. The van der Waals surface area contributed by atoms with Crippen molar-refractivity contribution < 1.29 is 13.2 Å². The summed E-state index contributed by atoms with van der Waals surface area (Å²) in [5.41, 5.74) is 3.86. The molecule has 2 nitrogen and oxygen atoms in total. The van der Waals surface area contributed by atoms with Crippen LogP contribution in [0.15, 0.2) is 24.3 Å². The van der Waals surface area contributed by atoms with Gasteiger partial charge in [0.2, 0.25) is 0 Å². The lowest BCUT2D eigenvalue weighted by atomic mass is 9.61. The molecule has 0 aliphatic heterocycles. The van der Waals surface area contributed by atoms with Crippen molar-refractivity contribution in [3.05, 3.63) is 52.3 Å². The molecule has 1 fully saturated rings. The topological polar surface area (TPSA) is 28.7 Å². The predicted octanol–water partition coefficient (Wildman–Crippen LogP) is 5.56. The fraction of sp³-hybridized carbons (Fsp3) is 0.550. The van der Waals surface area contributed by atoms with Gasteiger partial charge in [0.25, 0.3) is 0 Å². The van der Waals surface area contributed by atoms with Crippen molar-refractivity contribution in [2.45, 2.75) is 69.4 Å². The van der Waals surface area contributed by atoms with Crippen molar-refractivity contribution in [1.29, 1.82) is 0 Å². The molecule has 0 spiro atoms. The van der Waals surface area contributed by atoms with Crippen LogP contribution in [-0.4, -0.2) is 10.2 Å². The smallest absolute Gasteiger partial charge is 0.282 e. The van der Waals surface area contributed by atoms with Gasteiger partial charge in [0.1, 0.15) is 0 Å². The van der Waals surface area contributed by atoms with E-state index in [-0.39, 0.29) is 5.41 Å². The van der Waals surface area contributed by atoms with Crippen LogP contribution in [0.4, 0.5) is 13.2 Å². The summed E-state index contributed by atoms with van der Waals surface area (Å²) in [6.45, 7) is 0. The van der Waals surface area contributed by atoms with Gasteiger partial charge in [0, 0.05) is 11.1 Å². The van der Waals surface area contributed by atoms with Crippen molar-refractivity contribution in [3.63, 3.8) is 0 Å². The molecule has 0 unspecified atom stereocenters. The Morgan fingerprint density at radius 1 is 0.880 bits per heavy atom. The van der Waals surface area contributed by atoms with Gasteiger partial charge in [-0.2, -0.15) is 18.3 Å². The molecule has 1 aromatic carbocycles. The average molecular weight is 348 g/mol. The average Bonchev–Trinajstić information content (AvgIpc) is 2.88. The molecule has 1 heterocycles. The summed E-state index contributed by atoms with van der Waals surface area (Å²) in [5, 5.41) is 7.92. The Balaban J connectivity index is 1.72. The van der Waals surface area contributed by atoms with Crippen LogP contribution >= 0.6 is 0 Å². The summed E-state index contributed by atoms with van der Waals surface area (Å²) in [4.78, 5) is 0. The maximum atomic E-state index is 12.9. The second-order valence-corrected chi connectivity index (χ2v) is 7.45. The van der Waals surface area contributed by atoms with Crippen LogP contribution in [0.2, 0.25) is 0 Å². The van der Waals surface area contributed by atoms with Crippen molar-refractivity contribution in [1.82, 2.24) is 10.2 Å². The molecule has 5 heteroatoms. The molecule has 134 valence electrons. The molecule has 2 aliphatic carbocycles. The maximum Gasteiger partial charge on any atom is 0.416 e. The third-order valence-corrected chi connectivity index (χ3v) is 5.98. The molecular formula is C20H23F3N2. The van der Waals surface area contributed by atoms with Gasteiger partial charge in [0.15, 0.2) is 0 Å². The number of H-pyrrole nitrogens is 1. The summed E-state index contributed by atoms with van der Waals surface area (Å²) in [6.07, 6.45) is 5.68. The van der Waals surface area contributed by atoms with Gasteiger partial charge in [-0.15, -0.1) is 0 Å².